The van der Waals surface area contributed by atoms with Gasteiger partial charge in [0.1, 0.15) is 0 Å². The van der Waals surface area contributed by atoms with Crippen LogP contribution in [0.15, 0.2) is 30.3 Å². The molecule has 0 spiro atoms. The monoisotopic (exact) mass is 342 g/mol. The van der Waals surface area contributed by atoms with Crippen molar-refractivity contribution in [1.82, 2.24) is 4.57 Å². The lowest BCUT2D eigenvalue weighted by Gasteiger charge is -2.08. The highest BCUT2D eigenvalue weighted by molar-refractivity contribution is 6.00. The van der Waals surface area contributed by atoms with Crippen LogP contribution >= 0.6 is 0 Å². The topological polar surface area (TPSA) is 91.4 Å². The molecule has 1 aromatic carbocycles. The molecule has 130 valence electrons. The highest BCUT2D eigenvalue weighted by Crippen LogP contribution is 2.38. The van der Waals surface area contributed by atoms with Gasteiger partial charge in [-0.15, -0.1) is 0 Å². The second-order valence-electron chi connectivity index (χ2n) is 6.19. The highest BCUT2D eigenvalue weighted by Gasteiger charge is 2.28. The van der Waals surface area contributed by atoms with Crippen molar-refractivity contribution in [2.45, 2.75) is 32.7 Å². The molecule has 0 amide bonds. The van der Waals surface area contributed by atoms with Crippen LogP contribution in [-0.2, 0) is 4.74 Å². The van der Waals surface area contributed by atoms with Gasteiger partial charge in [-0.3, -0.25) is 14.9 Å². The lowest BCUT2D eigenvalue weighted by molar-refractivity contribution is -0.384. The van der Waals surface area contributed by atoms with Gasteiger partial charge in [0.2, 0.25) is 5.78 Å². The average molecular weight is 342 g/mol. The summed E-state index contributed by atoms with van der Waals surface area (Å²) in [7, 11) is 0. The molecule has 25 heavy (non-hydrogen) atoms. The van der Waals surface area contributed by atoms with Gasteiger partial charge < -0.3 is 9.30 Å². The first-order valence-corrected chi connectivity index (χ1v) is 8.01. The van der Waals surface area contributed by atoms with E-state index in [4.69, 9.17) is 4.74 Å². The van der Waals surface area contributed by atoms with E-state index < -0.39 is 10.9 Å². The van der Waals surface area contributed by atoms with Crippen molar-refractivity contribution in [3.05, 3.63) is 63.0 Å². The summed E-state index contributed by atoms with van der Waals surface area (Å²) >= 11 is 0. The third-order valence-electron chi connectivity index (χ3n) is 4.34. The molecule has 0 saturated heterocycles. The number of benzene rings is 1. The van der Waals surface area contributed by atoms with Crippen LogP contribution in [0.1, 0.15) is 51.0 Å². The van der Waals surface area contributed by atoms with Crippen molar-refractivity contribution in [3.63, 3.8) is 0 Å². The molecule has 1 fully saturated rings. The number of aromatic nitrogens is 1. The van der Waals surface area contributed by atoms with E-state index in [1.54, 1.807) is 0 Å². The maximum Gasteiger partial charge on any atom is 0.338 e. The summed E-state index contributed by atoms with van der Waals surface area (Å²) in [6.07, 6.45) is 2.25. The number of hydrogen-bond donors (Lipinski definition) is 0. The molecule has 1 heterocycles. The summed E-state index contributed by atoms with van der Waals surface area (Å²) in [5.41, 5.74) is 2.56. The first-order valence-electron chi connectivity index (χ1n) is 8.01. The lowest BCUT2D eigenvalue weighted by Crippen LogP contribution is -2.15. The van der Waals surface area contributed by atoms with Crippen LogP contribution in [0.25, 0.3) is 0 Å². The Balaban J connectivity index is 1.65. The Morgan fingerprint density at radius 2 is 1.88 bits per heavy atom. The maximum atomic E-state index is 12.4. The zero-order valence-corrected chi connectivity index (χ0v) is 14.0. The van der Waals surface area contributed by atoms with Crippen molar-refractivity contribution in [1.29, 1.82) is 0 Å². The molecule has 1 aliphatic rings. The number of esters is 1. The number of non-ortho nitro benzene ring substituents is 1. The molecule has 0 atom stereocenters. The number of nitro benzene ring substituents is 1. The van der Waals surface area contributed by atoms with Gasteiger partial charge in [0.25, 0.3) is 5.69 Å². The van der Waals surface area contributed by atoms with Crippen LogP contribution in [0.5, 0.6) is 0 Å². The summed E-state index contributed by atoms with van der Waals surface area (Å²) in [5, 5.41) is 10.6. The number of aryl methyl sites for hydroxylation is 1. The number of nitro groups is 1. The normalized spacial score (nSPS) is 13.5. The molecule has 2 aromatic rings. The van der Waals surface area contributed by atoms with E-state index in [0.29, 0.717) is 11.6 Å². The van der Waals surface area contributed by atoms with Crippen molar-refractivity contribution < 1.29 is 19.2 Å². The maximum absolute atomic E-state index is 12.4. The van der Waals surface area contributed by atoms with Gasteiger partial charge in [-0.1, -0.05) is 0 Å². The van der Waals surface area contributed by atoms with E-state index in [9.17, 15) is 19.7 Å². The number of rotatable bonds is 6. The zero-order valence-electron chi connectivity index (χ0n) is 14.0. The third kappa shape index (κ3) is 3.45. The summed E-state index contributed by atoms with van der Waals surface area (Å²) in [6, 6.07) is 7.37. The largest absolute Gasteiger partial charge is 0.454 e. The first-order chi connectivity index (χ1) is 11.9. The van der Waals surface area contributed by atoms with Crippen LogP contribution in [0, 0.1) is 24.0 Å². The van der Waals surface area contributed by atoms with Crippen molar-refractivity contribution in [3.8, 4) is 0 Å². The second kappa shape index (κ2) is 6.51. The Kier molecular flexibility index (Phi) is 4.39. The molecular weight excluding hydrogens is 324 g/mol. The van der Waals surface area contributed by atoms with Gasteiger partial charge in [-0.05, 0) is 44.9 Å². The first kappa shape index (κ1) is 16.9. The molecule has 1 saturated carbocycles. The van der Waals surface area contributed by atoms with Crippen LogP contribution in [-0.4, -0.2) is 27.8 Å². The fourth-order valence-electron chi connectivity index (χ4n) is 2.97. The molecule has 0 unspecified atom stereocenters. The minimum atomic E-state index is -0.681. The fourth-order valence-corrected chi connectivity index (χ4v) is 2.97. The zero-order chi connectivity index (χ0) is 18.1. The average Bonchev–Trinajstić information content (AvgIpc) is 3.37. The Labute approximate surface area is 144 Å². The van der Waals surface area contributed by atoms with Gasteiger partial charge in [0, 0.05) is 35.1 Å². The Morgan fingerprint density at radius 3 is 2.44 bits per heavy atom. The summed E-state index contributed by atoms with van der Waals surface area (Å²) in [4.78, 5) is 34.4. The van der Waals surface area contributed by atoms with E-state index in [2.05, 4.69) is 4.57 Å². The Bertz CT molecular complexity index is 847. The predicted molar refractivity (Wildman–Crippen MR) is 89.9 cm³/mol. The van der Waals surface area contributed by atoms with Crippen LogP contribution < -0.4 is 0 Å². The van der Waals surface area contributed by atoms with Gasteiger partial charge in [-0.2, -0.15) is 0 Å². The molecule has 1 aromatic heterocycles. The summed E-state index contributed by atoms with van der Waals surface area (Å²) in [6.45, 7) is 3.51. The molecule has 0 N–H and O–H groups in total. The van der Waals surface area contributed by atoms with Crippen LogP contribution in [0.3, 0.4) is 0 Å². The van der Waals surface area contributed by atoms with Gasteiger partial charge in [0.15, 0.2) is 6.61 Å². The molecule has 0 aliphatic heterocycles. The second-order valence-corrected chi connectivity index (χ2v) is 6.19. The van der Waals surface area contributed by atoms with Crippen LogP contribution in [0.2, 0.25) is 0 Å². The highest BCUT2D eigenvalue weighted by atomic mass is 16.6. The minimum Gasteiger partial charge on any atom is -0.454 e. The number of hydrogen-bond acceptors (Lipinski definition) is 5. The summed E-state index contributed by atoms with van der Waals surface area (Å²) in [5.74, 6) is -0.936. The predicted octanol–water partition coefficient (Wildman–Crippen LogP) is 3.39. The number of carbonyl (C=O) groups excluding carboxylic acids is 2. The standard InChI is InChI=1S/C18H18N2O5/c1-11-9-16(12(2)19(11)14-7-8-14)17(21)10-25-18(22)13-3-5-15(6-4-13)20(23)24/h3-6,9,14H,7-8,10H2,1-2H3. The minimum absolute atomic E-state index is 0.111. The van der Waals surface area contributed by atoms with Crippen LogP contribution in [0.4, 0.5) is 5.69 Å². The molecular formula is C18H18N2O5. The number of nitrogens with zero attached hydrogens (tertiary/aromatic N) is 2. The SMILES string of the molecule is Cc1cc(C(=O)COC(=O)c2ccc([N+](=O)[O-])cc2)c(C)n1C1CC1. The van der Waals surface area contributed by atoms with Gasteiger partial charge >= 0.3 is 5.97 Å². The molecule has 7 nitrogen and oxygen atoms in total. The van der Waals surface area contributed by atoms with E-state index in [0.717, 1.165) is 24.2 Å². The molecule has 3 rings (SSSR count). The number of ether oxygens (including phenoxy) is 1. The molecule has 0 radical (unpaired) electrons. The number of Topliss-reactive ketones (excluding diaryl/α,β-unsaturated/α-hetero) is 1. The van der Waals surface area contributed by atoms with Crippen molar-refractivity contribution in [2.75, 3.05) is 6.61 Å². The lowest BCUT2D eigenvalue weighted by atomic mass is 10.1. The van der Waals surface area contributed by atoms with E-state index in [1.807, 2.05) is 19.9 Å². The van der Waals surface area contributed by atoms with E-state index in [1.165, 1.54) is 24.3 Å². The Hall–Kier alpha value is -2.96. The molecule has 0 bridgehead atoms. The fraction of sp³-hybridized carbons (Fsp3) is 0.333. The van der Waals surface area contributed by atoms with Crippen molar-refractivity contribution in [2.24, 2.45) is 0 Å². The summed E-state index contributed by atoms with van der Waals surface area (Å²) < 4.78 is 7.22. The third-order valence-corrected chi connectivity index (χ3v) is 4.34. The number of carbonyl (C=O) groups is 2. The smallest absolute Gasteiger partial charge is 0.338 e. The molecule has 7 heteroatoms. The van der Waals surface area contributed by atoms with E-state index in [-0.39, 0.29) is 23.6 Å². The van der Waals surface area contributed by atoms with Crippen molar-refractivity contribution >= 4 is 17.4 Å². The number of ketones is 1. The van der Waals surface area contributed by atoms with Gasteiger partial charge in [0.05, 0.1) is 10.5 Å². The quantitative estimate of drug-likeness (QED) is 0.347. The van der Waals surface area contributed by atoms with E-state index >= 15 is 0 Å². The molecule has 1 aliphatic carbocycles. The van der Waals surface area contributed by atoms with Gasteiger partial charge in [-0.25, -0.2) is 4.79 Å². The Morgan fingerprint density at radius 1 is 1.24 bits per heavy atom.